The van der Waals surface area contributed by atoms with Crippen molar-refractivity contribution in [3.05, 3.63) is 23.4 Å². The number of ether oxygens (including phenoxy) is 2. The first kappa shape index (κ1) is 16.5. The Kier molecular flexibility index (Phi) is 6.47. The lowest BCUT2D eigenvalue weighted by Gasteiger charge is -2.22. The number of carbonyl (C=O) groups excluding carboxylic acids is 1. The van der Waals surface area contributed by atoms with Gasteiger partial charge >= 0.3 is 13.0 Å². The fraction of sp³-hybridized carbons (Fsp3) is 0.538. The van der Waals surface area contributed by atoms with E-state index in [1.807, 2.05) is 6.07 Å². The van der Waals surface area contributed by atoms with Gasteiger partial charge in [0.25, 0.3) is 0 Å². The first-order valence-electron chi connectivity index (χ1n) is 6.53. The van der Waals surface area contributed by atoms with Crippen molar-refractivity contribution in [1.29, 1.82) is 0 Å². The third kappa shape index (κ3) is 4.50. The van der Waals surface area contributed by atoms with E-state index in [0.29, 0.717) is 24.7 Å². The molecule has 6 nitrogen and oxygen atoms in total. The van der Waals surface area contributed by atoms with E-state index in [4.69, 9.17) is 9.47 Å². The molecule has 1 heterocycles. The predicted molar refractivity (Wildman–Crippen MR) is 77.5 cm³/mol. The largest absolute Gasteiger partial charge is 0.466 e. The summed E-state index contributed by atoms with van der Waals surface area (Å²) < 4.78 is 10.0. The minimum absolute atomic E-state index is 0.113. The van der Waals surface area contributed by atoms with Crippen LogP contribution in [-0.4, -0.2) is 43.8 Å². The van der Waals surface area contributed by atoms with Crippen LogP contribution in [0.15, 0.2) is 12.1 Å². The van der Waals surface area contributed by atoms with Crippen LogP contribution in [0.4, 0.5) is 5.82 Å². The van der Waals surface area contributed by atoms with Crippen LogP contribution in [0.1, 0.15) is 18.2 Å². The molecular formula is C13H21BN2O4. The van der Waals surface area contributed by atoms with Crippen molar-refractivity contribution in [2.45, 2.75) is 26.8 Å². The minimum Gasteiger partial charge on any atom is -0.466 e. The molecule has 0 aliphatic carbocycles. The van der Waals surface area contributed by atoms with E-state index in [2.05, 4.69) is 4.98 Å². The first-order chi connectivity index (χ1) is 9.49. The quantitative estimate of drug-likeness (QED) is 0.590. The molecule has 1 aromatic heterocycles. The van der Waals surface area contributed by atoms with Gasteiger partial charge in [-0.1, -0.05) is 6.07 Å². The summed E-state index contributed by atoms with van der Waals surface area (Å²) in [5.41, 5.74) is 1.45. The second-order valence-electron chi connectivity index (χ2n) is 4.44. The van der Waals surface area contributed by atoms with Crippen LogP contribution in [0.25, 0.3) is 0 Å². The summed E-state index contributed by atoms with van der Waals surface area (Å²) in [5, 5.41) is 9.68. The number of esters is 1. The van der Waals surface area contributed by atoms with Crippen molar-refractivity contribution in [3.8, 4) is 0 Å². The number of rotatable bonds is 7. The van der Waals surface area contributed by atoms with Gasteiger partial charge in [0.2, 0.25) is 0 Å². The number of hydrogen-bond donors (Lipinski definition) is 1. The fourth-order valence-electron chi connectivity index (χ4n) is 1.73. The highest BCUT2D eigenvalue weighted by atomic mass is 16.5. The summed E-state index contributed by atoms with van der Waals surface area (Å²) in [6, 6.07) is 3.62. The molecule has 0 aromatic carbocycles. The molecule has 0 fully saturated rings. The van der Waals surface area contributed by atoms with Gasteiger partial charge in [-0.05, 0) is 26.9 Å². The molecule has 0 amide bonds. The zero-order chi connectivity index (χ0) is 15.1. The zero-order valence-corrected chi connectivity index (χ0v) is 12.4. The number of carbonyl (C=O) groups is 1. The number of pyridine rings is 1. The molecule has 0 saturated heterocycles. The zero-order valence-electron chi connectivity index (χ0n) is 12.4. The lowest BCUT2D eigenvalue weighted by Crippen LogP contribution is -2.34. The number of hydrogen-bond acceptors (Lipinski definition) is 6. The summed E-state index contributed by atoms with van der Waals surface area (Å²) in [4.78, 5) is 17.5. The molecule has 0 atom stereocenters. The van der Waals surface area contributed by atoms with Gasteiger partial charge in [0, 0.05) is 12.7 Å². The molecule has 0 spiro atoms. The molecular weight excluding hydrogens is 259 g/mol. The highest BCUT2D eigenvalue weighted by molar-refractivity contribution is 6.53. The van der Waals surface area contributed by atoms with Crippen LogP contribution >= 0.6 is 0 Å². The summed E-state index contributed by atoms with van der Waals surface area (Å²) in [6.07, 6.45) is 0.113. The Labute approximate surface area is 119 Å². The summed E-state index contributed by atoms with van der Waals surface area (Å²) in [7, 11) is 2.65. The molecule has 1 N–H and O–H groups in total. The fourth-order valence-corrected chi connectivity index (χ4v) is 1.73. The number of anilines is 1. The lowest BCUT2D eigenvalue weighted by molar-refractivity contribution is -0.142. The Balaban J connectivity index is 3.00. The van der Waals surface area contributed by atoms with Gasteiger partial charge in [-0.3, -0.25) is 4.79 Å². The van der Waals surface area contributed by atoms with Crippen LogP contribution in [0, 0.1) is 0 Å². The monoisotopic (exact) mass is 280 g/mol. The van der Waals surface area contributed by atoms with E-state index in [1.54, 1.807) is 38.8 Å². The standard InChI is InChI=1S/C13H21BN2O4/c1-5-20-12(17)8-11-7-6-10(9-19-4)13(15-11)16(3)14(2)18/h6-7,18H,5,8-9H2,1-4H3. The summed E-state index contributed by atoms with van der Waals surface area (Å²) in [6.45, 7) is 4.15. The summed E-state index contributed by atoms with van der Waals surface area (Å²) in [5.74, 6) is 0.286. The molecule has 7 heteroatoms. The van der Waals surface area contributed by atoms with Crippen molar-refractivity contribution < 1.29 is 19.3 Å². The number of aromatic nitrogens is 1. The Morgan fingerprint density at radius 2 is 2.20 bits per heavy atom. The van der Waals surface area contributed by atoms with Gasteiger partial charge < -0.3 is 19.3 Å². The molecule has 0 saturated carbocycles. The van der Waals surface area contributed by atoms with E-state index < -0.39 is 7.05 Å². The van der Waals surface area contributed by atoms with Crippen LogP contribution in [0.2, 0.25) is 6.82 Å². The van der Waals surface area contributed by atoms with Crippen LogP contribution in [-0.2, 0) is 27.3 Å². The maximum atomic E-state index is 11.5. The van der Waals surface area contributed by atoms with Crippen molar-refractivity contribution in [2.24, 2.45) is 0 Å². The SMILES string of the molecule is CCOC(=O)Cc1ccc(COC)c(N(C)B(C)O)n1. The van der Waals surface area contributed by atoms with E-state index in [0.717, 1.165) is 5.56 Å². The maximum Gasteiger partial charge on any atom is 0.410 e. The normalized spacial score (nSPS) is 10.2. The third-order valence-electron chi connectivity index (χ3n) is 2.84. The smallest absolute Gasteiger partial charge is 0.410 e. The van der Waals surface area contributed by atoms with E-state index in [9.17, 15) is 9.82 Å². The van der Waals surface area contributed by atoms with Crippen molar-refractivity contribution in [1.82, 2.24) is 4.98 Å². The van der Waals surface area contributed by atoms with Gasteiger partial charge in [-0.2, -0.15) is 0 Å². The van der Waals surface area contributed by atoms with E-state index >= 15 is 0 Å². The van der Waals surface area contributed by atoms with Crippen LogP contribution < -0.4 is 4.81 Å². The highest BCUT2D eigenvalue weighted by Crippen LogP contribution is 2.19. The number of methoxy groups -OCH3 is 1. The van der Waals surface area contributed by atoms with Gasteiger partial charge in [-0.15, -0.1) is 0 Å². The molecule has 110 valence electrons. The summed E-state index contributed by atoms with van der Waals surface area (Å²) >= 11 is 0. The first-order valence-corrected chi connectivity index (χ1v) is 6.53. The maximum absolute atomic E-state index is 11.5. The van der Waals surface area contributed by atoms with Crippen LogP contribution in [0.3, 0.4) is 0 Å². The molecule has 0 aliphatic rings. The molecule has 0 bridgehead atoms. The average molecular weight is 280 g/mol. The van der Waals surface area contributed by atoms with E-state index in [1.165, 1.54) is 0 Å². The second kappa shape index (κ2) is 7.86. The predicted octanol–water partition coefficient (Wildman–Crippen LogP) is 0.880. The Bertz CT molecular complexity index is 454. The lowest BCUT2D eigenvalue weighted by atomic mass is 9.85. The minimum atomic E-state index is -0.684. The van der Waals surface area contributed by atoms with E-state index in [-0.39, 0.29) is 12.4 Å². The molecule has 0 unspecified atom stereocenters. The molecule has 0 aliphatic heterocycles. The van der Waals surface area contributed by atoms with Gasteiger partial charge in [0.15, 0.2) is 0 Å². The number of nitrogens with zero attached hydrogens (tertiary/aromatic N) is 2. The average Bonchev–Trinajstić information content (AvgIpc) is 2.40. The Morgan fingerprint density at radius 1 is 1.50 bits per heavy atom. The molecule has 1 rings (SSSR count). The van der Waals surface area contributed by atoms with Gasteiger partial charge in [0.1, 0.15) is 5.82 Å². The van der Waals surface area contributed by atoms with Crippen molar-refractivity contribution in [3.63, 3.8) is 0 Å². The molecule has 1 aromatic rings. The molecule has 20 heavy (non-hydrogen) atoms. The Morgan fingerprint density at radius 3 is 2.75 bits per heavy atom. The van der Waals surface area contributed by atoms with Crippen LogP contribution in [0.5, 0.6) is 0 Å². The van der Waals surface area contributed by atoms with Crippen molar-refractivity contribution in [2.75, 3.05) is 25.6 Å². The molecule has 0 radical (unpaired) electrons. The van der Waals surface area contributed by atoms with Gasteiger partial charge in [-0.25, -0.2) is 4.98 Å². The van der Waals surface area contributed by atoms with Crippen molar-refractivity contribution >= 4 is 18.8 Å². The van der Waals surface area contributed by atoms with Gasteiger partial charge in [0.05, 0.1) is 25.3 Å². The highest BCUT2D eigenvalue weighted by Gasteiger charge is 2.18. The Hall–Kier alpha value is -1.60. The topological polar surface area (TPSA) is 71.9 Å². The second-order valence-corrected chi connectivity index (χ2v) is 4.44. The third-order valence-corrected chi connectivity index (χ3v) is 2.84.